The molecule has 0 aromatic heterocycles. The van der Waals surface area contributed by atoms with E-state index in [0.29, 0.717) is 13.1 Å². The molecular formula is C21H24ClN3O5S2. The first-order chi connectivity index (χ1) is 15.2. The number of anilines is 1. The van der Waals surface area contributed by atoms with Gasteiger partial charge in [0.05, 0.1) is 21.0 Å². The third kappa shape index (κ3) is 5.25. The Kier molecular flexibility index (Phi) is 6.49. The van der Waals surface area contributed by atoms with Gasteiger partial charge in [0.15, 0.2) is 0 Å². The first kappa shape index (κ1) is 23.0. The van der Waals surface area contributed by atoms with Gasteiger partial charge in [-0.15, -0.1) is 0 Å². The van der Waals surface area contributed by atoms with Crippen LogP contribution in [-0.4, -0.2) is 46.8 Å². The molecule has 0 atom stereocenters. The monoisotopic (exact) mass is 497 g/mol. The van der Waals surface area contributed by atoms with Crippen LogP contribution < -0.4 is 9.44 Å². The van der Waals surface area contributed by atoms with Crippen LogP contribution in [0.25, 0.3) is 0 Å². The number of nitrogens with zero attached hydrogens (tertiary/aromatic N) is 1. The van der Waals surface area contributed by atoms with Gasteiger partial charge < -0.3 is 4.90 Å². The van der Waals surface area contributed by atoms with Crippen molar-refractivity contribution >= 4 is 43.2 Å². The van der Waals surface area contributed by atoms with E-state index in [2.05, 4.69) is 9.44 Å². The van der Waals surface area contributed by atoms with E-state index >= 15 is 0 Å². The molecule has 1 amide bonds. The van der Waals surface area contributed by atoms with Crippen LogP contribution in [0.1, 0.15) is 42.5 Å². The molecule has 2 fully saturated rings. The normalized spacial score (nSPS) is 17.2. The SMILES string of the molecule is O=C(c1ccc(Cl)cc1NS(=O)(=O)c1ccc(S(=O)(=O)NC2CC2)cc1)N1CCCCC1. The zero-order valence-electron chi connectivity index (χ0n) is 17.3. The summed E-state index contributed by atoms with van der Waals surface area (Å²) in [6, 6.07) is 9.34. The molecule has 2 aromatic carbocycles. The predicted octanol–water partition coefficient (Wildman–Crippen LogP) is 3.21. The molecule has 1 heterocycles. The molecule has 172 valence electrons. The van der Waals surface area contributed by atoms with Crippen molar-refractivity contribution < 1.29 is 21.6 Å². The first-order valence-electron chi connectivity index (χ1n) is 10.4. The topological polar surface area (TPSA) is 113 Å². The molecule has 1 saturated heterocycles. The van der Waals surface area contributed by atoms with E-state index in [1.54, 1.807) is 11.0 Å². The molecule has 32 heavy (non-hydrogen) atoms. The number of rotatable bonds is 7. The van der Waals surface area contributed by atoms with Gasteiger partial charge in [-0.25, -0.2) is 21.6 Å². The second-order valence-electron chi connectivity index (χ2n) is 8.02. The fourth-order valence-corrected chi connectivity index (χ4v) is 6.09. The Bertz CT molecular complexity index is 1220. The minimum Gasteiger partial charge on any atom is -0.339 e. The molecule has 4 rings (SSSR count). The van der Waals surface area contributed by atoms with Crippen LogP contribution in [0.4, 0.5) is 5.69 Å². The lowest BCUT2D eigenvalue weighted by Gasteiger charge is -2.27. The maximum atomic E-state index is 13.0. The van der Waals surface area contributed by atoms with E-state index in [0.717, 1.165) is 32.1 Å². The van der Waals surface area contributed by atoms with Crippen LogP contribution in [0.15, 0.2) is 52.3 Å². The lowest BCUT2D eigenvalue weighted by molar-refractivity contribution is 0.0725. The van der Waals surface area contributed by atoms with Crippen LogP contribution in [0.3, 0.4) is 0 Å². The van der Waals surface area contributed by atoms with Gasteiger partial charge in [-0.1, -0.05) is 11.6 Å². The fraction of sp³-hybridized carbons (Fsp3) is 0.381. The van der Waals surface area contributed by atoms with Crippen LogP contribution in [0, 0.1) is 0 Å². The number of carbonyl (C=O) groups is 1. The number of benzene rings is 2. The van der Waals surface area contributed by atoms with E-state index < -0.39 is 20.0 Å². The summed E-state index contributed by atoms with van der Waals surface area (Å²) in [5, 5.41) is 0.283. The Morgan fingerprint density at radius 1 is 0.875 bits per heavy atom. The summed E-state index contributed by atoms with van der Waals surface area (Å²) in [6.45, 7) is 1.25. The van der Waals surface area contributed by atoms with E-state index in [9.17, 15) is 21.6 Å². The van der Waals surface area contributed by atoms with Crippen molar-refractivity contribution in [3.8, 4) is 0 Å². The third-order valence-electron chi connectivity index (χ3n) is 5.44. The molecule has 2 aliphatic rings. The van der Waals surface area contributed by atoms with Crippen molar-refractivity contribution in [2.45, 2.75) is 47.9 Å². The zero-order valence-corrected chi connectivity index (χ0v) is 19.6. The number of carbonyl (C=O) groups excluding carboxylic acids is 1. The molecule has 2 aromatic rings. The van der Waals surface area contributed by atoms with Crippen molar-refractivity contribution in [1.82, 2.24) is 9.62 Å². The summed E-state index contributed by atoms with van der Waals surface area (Å²) in [4.78, 5) is 14.5. The molecule has 11 heteroatoms. The highest BCUT2D eigenvalue weighted by Gasteiger charge is 2.28. The Morgan fingerprint density at radius 3 is 2.06 bits per heavy atom. The van der Waals surface area contributed by atoms with Gasteiger partial charge in [0.1, 0.15) is 0 Å². The second kappa shape index (κ2) is 9.01. The summed E-state index contributed by atoms with van der Waals surface area (Å²) in [5.74, 6) is -0.258. The summed E-state index contributed by atoms with van der Waals surface area (Å²) in [6.07, 6.45) is 4.48. The summed E-state index contributed by atoms with van der Waals surface area (Å²) < 4.78 is 55.5. The van der Waals surface area contributed by atoms with Crippen molar-refractivity contribution in [3.63, 3.8) is 0 Å². The highest BCUT2D eigenvalue weighted by Crippen LogP contribution is 2.27. The van der Waals surface area contributed by atoms with Crippen molar-refractivity contribution in [2.24, 2.45) is 0 Å². The molecule has 0 unspecified atom stereocenters. The molecule has 1 saturated carbocycles. The van der Waals surface area contributed by atoms with Crippen molar-refractivity contribution in [1.29, 1.82) is 0 Å². The number of hydrogen-bond donors (Lipinski definition) is 2. The molecule has 1 aliphatic carbocycles. The molecule has 1 aliphatic heterocycles. The lowest BCUT2D eigenvalue weighted by Crippen LogP contribution is -2.36. The highest BCUT2D eigenvalue weighted by molar-refractivity contribution is 7.92. The van der Waals surface area contributed by atoms with Crippen LogP contribution in [0.5, 0.6) is 0 Å². The van der Waals surface area contributed by atoms with Crippen molar-refractivity contribution in [2.75, 3.05) is 17.8 Å². The fourth-order valence-electron chi connectivity index (χ4n) is 3.55. The number of piperidine rings is 1. The predicted molar refractivity (Wildman–Crippen MR) is 122 cm³/mol. The van der Waals surface area contributed by atoms with E-state index in [4.69, 9.17) is 11.6 Å². The van der Waals surface area contributed by atoms with E-state index in [1.807, 2.05) is 0 Å². The quantitative estimate of drug-likeness (QED) is 0.610. The Morgan fingerprint density at radius 2 is 1.47 bits per heavy atom. The molecule has 0 radical (unpaired) electrons. The Hall–Kier alpha value is -2.14. The standard InChI is InChI=1S/C21H24ClN3O5S2/c22-15-4-11-19(21(26)25-12-2-1-3-13-25)20(14-15)24-32(29,30)18-9-7-17(8-10-18)31(27,28)23-16-5-6-16/h4,7-11,14,16,23-24H,1-3,5-6,12-13H2. The minimum absolute atomic E-state index is 0.00734. The summed E-state index contributed by atoms with van der Waals surface area (Å²) >= 11 is 6.07. The van der Waals surface area contributed by atoms with Gasteiger partial charge in [0.25, 0.3) is 15.9 Å². The molecule has 2 N–H and O–H groups in total. The van der Waals surface area contributed by atoms with Gasteiger partial charge in [-0.3, -0.25) is 9.52 Å². The third-order valence-corrected chi connectivity index (χ3v) is 8.60. The Labute approximate surface area is 193 Å². The van der Waals surface area contributed by atoms with E-state index in [1.165, 1.54) is 36.4 Å². The van der Waals surface area contributed by atoms with E-state index in [-0.39, 0.29) is 38.0 Å². The number of amides is 1. The average Bonchev–Trinajstić information content (AvgIpc) is 3.57. The molecule has 0 bridgehead atoms. The minimum atomic E-state index is -4.08. The lowest BCUT2D eigenvalue weighted by atomic mass is 10.1. The number of likely N-dealkylation sites (tertiary alicyclic amines) is 1. The first-order valence-corrected chi connectivity index (χ1v) is 13.7. The Balaban J connectivity index is 1.58. The maximum Gasteiger partial charge on any atom is 0.261 e. The largest absolute Gasteiger partial charge is 0.339 e. The van der Waals surface area contributed by atoms with Gasteiger partial charge in [-0.05, 0) is 74.6 Å². The number of halogens is 1. The van der Waals surface area contributed by atoms with Gasteiger partial charge in [0, 0.05) is 24.2 Å². The molecule has 0 spiro atoms. The molecule has 8 nitrogen and oxygen atoms in total. The van der Waals surface area contributed by atoms with Crippen molar-refractivity contribution in [3.05, 3.63) is 53.1 Å². The number of nitrogens with one attached hydrogen (secondary N) is 2. The van der Waals surface area contributed by atoms with Gasteiger partial charge >= 0.3 is 0 Å². The number of hydrogen-bond acceptors (Lipinski definition) is 5. The second-order valence-corrected chi connectivity index (χ2v) is 11.8. The average molecular weight is 498 g/mol. The highest BCUT2D eigenvalue weighted by atomic mass is 35.5. The number of sulfonamides is 2. The smallest absolute Gasteiger partial charge is 0.261 e. The summed E-state index contributed by atoms with van der Waals surface area (Å²) in [5.41, 5.74) is 0.299. The van der Waals surface area contributed by atoms with Gasteiger partial charge in [0.2, 0.25) is 10.0 Å². The molecular weight excluding hydrogens is 474 g/mol. The summed E-state index contributed by atoms with van der Waals surface area (Å²) in [7, 11) is -7.77. The van der Waals surface area contributed by atoms with Crippen LogP contribution in [0.2, 0.25) is 5.02 Å². The van der Waals surface area contributed by atoms with Crippen LogP contribution in [-0.2, 0) is 20.0 Å². The maximum absolute atomic E-state index is 13.0. The zero-order chi connectivity index (χ0) is 22.9. The van der Waals surface area contributed by atoms with Crippen LogP contribution >= 0.6 is 11.6 Å². The van der Waals surface area contributed by atoms with Gasteiger partial charge in [-0.2, -0.15) is 0 Å².